The molecule has 0 aliphatic carbocycles. The zero-order valence-corrected chi connectivity index (χ0v) is 10.5. The van der Waals surface area contributed by atoms with E-state index < -0.39 is 10.0 Å². The lowest BCUT2D eigenvalue weighted by atomic mass is 10.1. The molecule has 19 heavy (non-hydrogen) atoms. The van der Waals surface area contributed by atoms with Crippen LogP contribution in [0.3, 0.4) is 0 Å². The maximum absolute atomic E-state index is 11.6. The number of hydrogen-bond donors (Lipinski definition) is 1. The molecule has 1 heterocycles. The van der Waals surface area contributed by atoms with Crippen LogP contribution in [0.4, 0.5) is 0 Å². The van der Waals surface area contributed by atoms with Gasteiger partial charge in [0, 0.05) is 16.3 Å². The first-order valence-corrected chi connectivity index (χ1v) is 6.98. The third-order valence-corrected chi connectivity index (χ3v) is 3.88. The molecule has 0 radical (unpaired) electrons. The lowest BCUT2D eigenvalue weighted by Crippen LogP contribution is -2.12. The zero-order chi connectivity index (χ0) is 13.6. The van der Waals surface area contributed by atoms with Gasteiger partial charge in [-0.3, -0.25) is 4.79 Å². The zero-order valence-electron chi connectivity index (χ0n) is 9.66. The van der Waals surface area contributed by atoms with Gasteiger partial charge in [-0.2, -0.15) is 0 Å². The number of benzene rings is 2. The Balaban J connectivity index is 2.56. The minimum absolute atomic E-state index is 0.00759. The minimum Gasteiger partial charge on any atom is -0.456 e. The number of sulfonamides is 1. The van der Waals surface area contributed by atoms with Crippen molar-refractivity contribution in [2.75, 3.05) is 0 Å². The summed E-state index contributed by atoms with van der Waals surface area (Å²) in [6.45, 7) is 0. The maximum atomic E-state index is 11.6. The van der Waals surface area contributed by atoms with Crippen LogP contribution < -0.4 is 5.14 Å². The number of furan rings is 1. The summed E-state index contributed by atoms with van der Waals surface area (Å²) < 4.78 is 28.8. The van der Waals surface area contributed by atoms with Crippen LogP contribution in [0.15, 0.2) is 45.7 Å². The van der Waals surface area contributed by atoms with E-state index in [2.05, 4.69) is 0 Å². The number of rotatable bonds is 2. The predicted octanol–water partition coefficient (Wildman–Crippen LogP) is 2.05. The standard InChI is InChI=1S/C13H9NO4S/c14-19(16,17)12-3-1-2-11-13(12)9-6-8(7-15)4-5-10(9)18-11/h1-7H,(H2,14,16,17). The molecule has 0 aliphatic heterocycles. The lowest BCUT2D eigenvalue weighted by Gasteiger charge is -1.99. The minimum atomic E-state index is -3.86. The Kier molecular flexibility index (Phi) is 2.44. The van der Waals surface area contributed by atoms with Crippen molar-refractivity contribution < 1.29 is 17.6 Å². The fourth-order valence-corrected chi connectivity index (χ4v) is 2.89. The molecule has 6 heteroatoms. The molecule has 3 aromatic rings. The van der Waals surface area contributed by atoms with Crippen molar-refractivity contribution in [1.82, 2.24) is 0 Å². The molecule has 0 unspecified atom stereocenters. The molecular weight excluding hydrogens is 266 g/mol. The first-order chi connectivity index (χ1) is 9.00. The summed E-state index contributed by atoms with van der Waals surface area (Å²) in [7, 11) is -3.86. The first-order valence-electron chi connectivity index (χ1n) is 5.44. The van der Waals surface area contributed by atoms with Crippen molar-refractivity contribution in [2.45, 2.75) is 4.90 Å². The van der Waals surface area contributed by atoms with Crippen LogP contribution in [0.1, 0.15) is 10.4 Å². The van der Waals surface area contributed by atoms with E-state index in [0.717, 1.165) is 0 Å². The Morgan fingerprint density at radius 1 is 1.11 bits per heavy atom. The van der Waals surface area contributed by atoms with Crippen LogP contribution in [-0.4, -0.2) is 14.7 Å². The number of aldehydes is 1. The molecular formula is C13H9NO4S. The van der Waals surface area contributed by atoms with Gasteiger partial charge >= 0.3 is 0 Å². The van der Waals surface area contributed by atoms with Gasteiger partial charge in [0.15, 0.2) is 0 Å². The molecule has 2 N–H and O–H groups in total. The molecule has 2 aromatic carbocycles. The largest absolute Gasteiger partial charge is 0.456 e. The predicted molar refractivity (Wildman–Crippen MR) is 70.5 cm³/mol. The Labute approximate surface area is 108 Å². The summed E-state index contributed by atoms with van der Waals surface area (Å²) in [4.78, 5) is 10.8. The van der Waals surface area contributed by atoms with Gasteiger partial charge in [-0.05, 0) is 30.3 Å². The van der Waals surface area contributed by atoms with E-state index in [0.29, 0.717) is 33.8 Å². The number of fused-ring (bicyclic) bond motifs is 3. The molecule has 0 fully saturated rings. The second-order valence-electron chi connectivity index (χ2n) is 4.15. The highest BCUT2D eigenvalue weighted by atomic mass is 32.2. The Morgan fingerprint density at radius 2 is 1.89 bits per heavy atom. The quantitative estimate of drug-likeness (QED) is 0.724. The van der Waals surface area contributed by atoms with Crippen molar-refractivity contribution >= 4 is 38.2 Å². The molecule has 3 rings (SSSR count). The highest BCUT2D eigenvalue weighted by Gasteiger charge is 2.17. The van der Waals surface area contributed by atoms with Gasteiger partial charge in [-0.25, -0.2) is 13.6 Å². The van der Waals surface area contributed by atoms with Gasteiger partial charge in [0.2, 0.25) is 10.0 Å². The summed E-state index contributed by atoms with van der Waals surface area (Å²) in [5.74, 6) is 0. The molecule has 0 saturated carbocycles. The third-order valence-electron chi connectivity index (χ3n) is 2.92. The Hall–Kier alpha value is -2.18. The summed E-state index contributed by atoms with van der Waals surface area (Å²) >= 11 is 0. The second-order valence-corrected chi connectivity index (χ2v) is 5.68. The number of hydrogen-bond acceptors (Lipinski definition) is 4. The Bertz CT molecular complexity index is 909. The second kappa shape index (κ2) is 3.91. The number of nitrogens with two attached hydrogens (primary N) is 1. The summed E-state index contributed by atoms with van der Waals surface area (Å²) in [5, 5.41) is 6.17. The summed E-state index contributed by atoms with van der Waals surface area (Å²) in [6.07, 6.45) is 0.692. The highest BCUT2D eigenvalue weighted by molar-refractivity contribution is 7.89. The van der Waals surface area contributed by atoms with E-state index in [1.54, 1.807) is 30.3 Å². The molecule has 0 saturated heterocycles. The van der Waals surface area contributed by atoms with Crippen LogP contribution >= 0.6 is 0 Å². The lowest BCUT2D eigenvalue weighted by molar-refractivity contribution is 0.112. The van der Waals surface area contributed by atoms with E-state index in [-0.39, 0.29) is 4.90 Å². The molecule has 1 aromatic heterocycles. The summed E-state index contributed by atoms with van der Waals surface area (Å²) in [6, 6.07) is 9.46. The van der Waals surface area contributed by atoms with Crippen LogP contribution in [0.5, 0.6) is 0 Å². The molecule has 0 atom stereocenters. The molecule has 5 nitrogen and oxygen atoms in total. The highest BCUT2D eigenvalue weighted by Crippen LogP contribution is 2.33. The van der Waals surface area contributed by atoms with Gasteiger partial charge in [0.05, 0.1) is 4.90 Å². The smallest absolute Gasteiger partial charge is 0.238 e. The average molecular weight is 275 g/mol. The molecule has 0 spiro atoms. The van der Waals surface area contributed by atoms with Crippen LogP contribution in [0, 0.1) is 0 Å². The normalized spacial score (nSPS) is 12.1. The monoisotopic (exact) mass is 275 g/mol. The third kappa shape index (κ3) is 1.81. The van der Waals surface area contributed by atoms with E-state index in [1.165, 1.54) is 6.07 Å². The van der Waals surface area contributed by atoms with Gasteiger partial charge in [-0.1, -0.05) is 6.07 Å². The van der Waals surface area contributed by atoms with Crippen molar-refractivity contribution in [3.8, 4) is 0 Å². The first kappa shape index (κ1) is 11.9. The maximum Gasteiger partial charge on any atom is 0.238 e. The van der Waals surface area contributed by atoms with Gasteiger partial charge < -0.3 is 4.42 Å². The topological polar surface area (TPSA) is 90.4 Å². The van der Waals surface area contributed by atoms with Gasteiger partial charge in [0.25, 0.3) is 0 Å². The van der Waals surface area contributed by atoms with Gasteiger partial charge in [0.1, 0.15) is 17.5 Å². The van der Waals surface area contributed by atoms with Crippen molar-refractivity contribution in [1.29, 1.82) is 0 Å². The van der Waals surface area contributed by atoms with Crippen LogP contribution in [0.25, 0.3) is 21.9 Å². The van der Waals surface area contributed by atoms with E-state index in [4.69, 9.17) is 9.56 Å². The Morgan fingerprint density at radius 3 is 2.58 bits per heavy atom. The van der Waals surface area contributed by atoms with Crippen LogP contribution in [-0.2, 0) is 10.0 Å². The number of carbonyl (C=O) groups is 1. The number of carbonyl (C=O) groups excluding carboxylic acids is 1. The fourth-order valence-electron chi connectivity index (χ4n) is 2.12. The SMILES string of the molecule is NS(=O)(=O)c1cccc2oc3ccc(C=O)cc3c12. The van der Waals surface area contributed by atoms with E-state index in [1.807, 2.05) is 0 Å². The number of primary sulfonamides is 1. The van der Waals surface area contributed by atoms with E-state index in [9.17, 15) is 13.2 Å². The average Bonchev–Trinajstić information content (AvgIpc) is 2.74. The van der Waals surface area contributed by atoms with Crippen molar-refractivity contribution in [2.24, 2.45) is 5.14 Å². The fraction of sp³-hybridized carbons (Fsp3) is 0. The van der Waals surface area contributed by atoms with Crippen molar-refractivity contribution in [3.63, 3.8) is 0 Å². The molecule has 0 bridgehead atoms. The van der Waals surface area contributed by atoms with Gasteiger partial charge in [-0.15, -0.1) is 0 Å². The molecule has 96 valence electrons. The molecule has 0 aliphatic rings. The molecule has 0 amide bonds. The summed E-state index contributed by atoms with van der Waals surface area (Å²) in [5.41, 5.74) is 1.38. The van der Waals surface area contributed by atoms with Crippen LogP contribution in [0.2, 0.25) is 0 Å². The van der Waals surface area contributed by atoms with E-state index >= 15 is 0 Å². The van der Waals surface area contributed by atoms with Crippen molar-refractivity contribution in [3.05, 3.63) is 42.0 Å².